The lowest BCUT2D eigenvalue weighted by Crippen LogP contribution is -1.93. The van der Waals surface area contributed by atoms with Crippen LogP contribution >= 0.6 is 0 Å². The molecule has 0 aromatic heterocycles. The quantitative estimate of drug-likeness (QED) is 0.364. The fourth-order valence-corrected chi connectivity index (χ4v) is 3.99. The highest BCUT2D eigenvalue weighted by Gasteiger charge is 2.07. The summed E-state index contributed by atoms with van der Waals surface area (Å²) in [5.74, 6) is 0. The van der Waals surface area contributed by atoms with Gasteiger partial charge in [0.25, 0.3) is 0 Å². The average Bonchev–Trinajstić information content (AvgIpc) is 2.77. The summed E-state index contributed by atoms with van der Waals surface area (Å²) in [7, 11) is 0. The van der Waals surface area contributed by atoms with Crippen molar-refractivity contribution in [3.8, 4) is 22.3 Å². The Balaban J connectivity index is 1.74. The number of hydrogen-bond acceptors (Lipinski definition) is 1. The van der Waals surface area contributed by atoms with Crippen LogP contribution in [0.5, 0.6) is 0 Å². The molecule has 1 N–H and O–H groups in total. The van der Waals surface area contributed by atoms with Gasteiger partial charge < -0.3 is 5.11 Å². The molecule has 0 amide bonds. The third-order valence-corrected chi connectivity index (χ3v) is 5.70. The topological polar surface area (TPSA) is 20.2 Å². The highest BCUT2D eigenvalue weighted by Crippen LogP contribution is 2.29. The van der Waals surface area contributed by atoms with E-state index in [2.05, 4.69) is 80.6 Å². The van der Waals surface area contributed by atoms with Gasteiger partial charge in [-0.3, -0.25) is 0 Å². The molecule has 0 spiro atoms. The minimum absolute atomic E-state index is 0.304. The van der Waals surface area contributed by atoms with Gasteiger partial charge >= 0.3 is 0 Å². The summed E-state index contributed by atoms with van der Waals surface area (Å²) in [6.45, 7) is 4.76. The van der Waals surface area contributed by atoms with Crippen molar-refractivity contribution in [1.29, 1.82) is 0 Å². The molecule has 3 rings (SSSR count). The first-order valence-corrected chi connectivity index (χ1v) is 11.2. The van der Waals surface area contributed by atoms with Gasteiger partial charge in [-0.1, -0.05) is 93.4 Å². The molecule has 1 nitrogen and oxygen atoms in total. The van der Waals surface area contributed by atoms with Crippen molar-refractivity contribution >= 4 is 0 Å². The van der Waals surface area contributed by atoms with E-state index in [9.17, 15) is 0 Å². The summed E-state index contributed by atoms with van der Waals surface area (Å²) in [6.07, 6.45) is 7.63. The molecule has 3 aromatic rings. The number of aliphatic hydroxyl groups is 1. The Bertz CT molecular complexity index is 875. The van der Waals surface area contributed by atoms with Crippen LogP contribution in [0.3, 0.4) is 0 Å². The largest absolute Gasteiger partial charge is 0.396 e. The van der Waals surface area contributed by atoms with Crippen molar-refractivity contribution < 1.29 is 5.11 Å². The molecule has 0 heterocycles. The van der Waals surface area contributed by atoms with E-state index in [1.807, 2.05) is 0 Å². The van der Waals surface area contributed by atoms with Gasteiger partial charge in [0.15, 0.2) is 0 Å². The van der Waals surface area contributed by atoms with Crippen LogP contribution in [-0.2, 0) is 19.3 Å². The normalized spacial score (nSPS) is 11.0. The Morgan fingerprint density at radius 2 is 1.24 bits per heavy atom. The molecule has 152 valence electrons. The Labute approximate surface area is 176 Å². The maximum atomic E-state index is 8.93. The van der Waals surface area contributed by atoms with Crippen LogP contribution in [0.4, 0.5) is 0 Å². The van der Waals surface area contributed by atoms with Crippen molar-refractivity contribution in [2.45, 2.75) is 58.8 Å². The molecule has 1 heteroatoms. The van der Waals surface area contributed by atoms with Crippen molar-refractivity contribution in [3.63, 3.8) is 0 Å². The lowest BCUT2D eigenvalue weighted by atomic mass is 9.93. The molecule has 0 fully saturated rings. The van der Waals surface area contributed by atoms with Gasteiger partial charge in [0, 0.05) is 6.61 Å². The van der Waals surface area contributed by atoms with Crippen LogP contribution in [0, 0.1) is 0 Å². The first-order chi connectivity index (χ1) is 14.2. The molecule has 0 bridgehead atoms. The Morgan fingerprint density at radius 3 is 1.86 bits per heavy atom. The van der Waals surface area contributed by atoms with Gasteiger partial charge in [-0.25, -0.2) is 0 Å². The van der Waals surface area contributed by atoms with Crippen LogP contribution in [0.1, 0.15) is 56.2 Å². The zero-order chi connectivity index (χ0) is 20.5. The molecular weight excluding hydrogens is 352 g/mol. The predicted octanol–water partition coefficient (Wildman–Crippen LogP) is 7.24. The van der Waals surface area contributed by atoms with Crippen molar-refractivity contribution in [3.05, 3.63) is 83.4 Å². The molecule has 0 atom stereocenters. The van der Waals surface area contributed by atoms with Crippen molar-refractivity contribution in [2.24, 2.45) is 0 Å². The van der Waals surface area contributed by atoms with E-state index in [0.717, 1.165) is 38.5 Å². The first-order valence-electron chi connectivity index (χ1n) is 11.2. The van der Waals surface area contributed by atoms with Gasteiger partial charge in [-0.2, -0.15) is 0 Å². The van der Waals surface area contributed by atoms with E-state index >= 15 is 0 Å². The first kappa shape index (κ1) is 21.3. The number of rotatable bonds is 10. The second kappa shape index (κ2) is 11.0. The van der Waals surface area contributed by atoms with Crippen LogP contribution in [0.2, 0.25) is 0 Å². The van der Waals surface area contributed by atoms with Gasteiger partial charge in [-0.05, 0) is 71.0 Å². The molecule has 0 radical (unpaired) electrons. The summed E-state index contributed by atoms with van der Waals surface area (Å²) in [5, 5.41) is 8.93. The second-order valence-corrected chi connectivity index (χ2v) is 7.90. The fourth-order valence-electron chi connectivity index (χ4n) is 3.99. The summed E-state index contributed by atoms with van der Waals surface area (Å²) in [4.78, 5) is 0. The minimum atomic E-state index is 0.304. The monoisotopic (exact) mass is 386 g/mol. The predicted molar refractivity (Wildman–Crippen MR) is 125 cm³/mol. The maximum Gasteiger partial charge on any atom is 0.0431 e. The highest BCUT2D eigenvalue weighted by atomic mass is 16.2. The second-order valence-electron chi connectivity index (χ2n) is 7.90. The number of hydrogen-bond donors (Lipinski definition) is 1. The smallest absolute Gasteiger partial charge is 0.0431 e. The highest BCUT2D eigenvalue weighted by molar-refractivity contribution is 5.72. The molecule has 0 aliphatic heterocycles. The molecule has 0 unspecified atom stereocenters. The number of benzene rings is 3. The third-order valence-electron chi connectivity index (χ3n) is 5.70. The van der Waals surface area contributed by atoms with Gasteiger partial charge in [0.2, 0.25) is 0 Å². The molecular formula is C28H34O. The standard InChI is InChI=1S/C28H34O/c1-3-8-22-10-13-25(14-11-22)26-15-17-27(18-16-26)28-19-12-23(21-24(28)4-2)9-6-5-7-20-29/h10-19,21,29H,3-9,20H2,1-2H3. The average molecular weight is 387 g/mol. The minimum Gasteiger partial charge on any atom is -0.396 e. The zero-order valence-corrected chi connectivity index (χ0v) is 18.0. The Hall–Kier alpha value is -2.38. The van der Waals surface area contributed by atoms with Crippen LogP contribution in [0.25, 0.3) is 22.3 Å². The molecule has 29 heavy (non-hydrogen) atoms. The fraction of sp³-hybridized carbons (Fsp3) is 0.357. The number of unbranched alkanes of at least 4 members (excludes halogenated alkanes) is 2. The number of aryl methyl sites for hydroxylation is 3. The zero-order valence-electron chi connectivity index (χ0n) is 18.0. The maximum absolute atomic E-state index is 8.93. The van der Waals surface area contributed by atoms with E-state index in [1.165, 1.54) is 45.4 Å². The molecule has 0 aliphatic rings. The molecule has 0 saturated heterocycles. The van der Waals surface area contributed by atoms with Crippen molar-refractivity contribution in [2.75, 3.05) is 6.61 Å². The van der Waals surface area contributed by atoms with E-state index in [-0.39, 0.29) is 0 Å². The SMILES string of the molecule is CCCc1ccc(-c2ccc(-c3ccc(CCCCCO)cc3CC)cc2)cc1. The molecule has 3 aromatic carbocycles. The van der Waals surface area contributed by atoms with Crippen molar-refractivity contribution in [1.82, 2.24) is 0 Å². The van der Waals surface area contributed by atoms with E-state index < -0.39 is 0 Å². The Kier molecular flexibility index (Phi) is 8.07. The van der Waals surface area contributed by atoms with E-state index in [4.69, 9.17) is 5.11 Å². The van der Waals surface area contributed by atoms with Gasteiger partial charge in [0.05, 0.1) is 0 Å². The van der Waals surface area contributed by atoms with Crippen LogP contribution in [0.15, 0.2) is 66.7 Å². The summed E-state index contributed by atoms with van der Waals surface area (Å²) < 4.78 is 0. The summed E-state index contributed by atoms with van der Waals surface area (Å²) >= 11 is 0. The van der Waals surface area contributed by atoms with Crippen LogP contribution in [-0.4, -0.2) is 11.7 Å². The summed E-state index contributed by atoms with van der Waals surface area (Å²) in [5.41, 5.74) is 9.43. The van der Waals surface area contributed by atoms with Gasteiger partial charge in [0.1, 0.15) is 0 Å². The van der Waals surface area contributed by atoms with E-state index in [1.54, 1.807) is 0 Å². The summed E-state index contributed by atoms with van der Waals surface area (Å²) in [6, 6.07) is 24.9. The number of aliphatic hydroxyl groups excluding tert-OH is 1. The molecule has 0 saturated carbocycles. The van der Waals surface area contributed by atoms with Gasteiger partial charge in [-0.15, -0.1) is 0 Å². The lowest BCUT2D eigenvalue weighted by Gasteiger charge is -2.12. The Morgan fingerprint density at radius 1 is 0.621 bits per heavy atom. The molecule has 0 aliphatic carbocycles. The van der Waals surface area contributed by atoms with E-state index in [0.29, 0.717) is 6.61 Å². The third kappa shape index (κ3) is 5.81. The lowest BCUT2D eigenvalue weighted by molar-refractivity contribution is 0.283. The van der Waals surface area contributed by atoms with Crippen LogP contribution < -0.4 is 0 Å².